The molecule has 0 aromatic heterocycles. The van der Waals surface area contributed by atoms with Crippen LogP contribution in [0.5, 0.6) is 11.5 Å². The van der Waals surface area contributed by atoms with Gasteiger partial charge in [0.2, 0.25) is 0 Å². The molecule has 2 aromatic rings. The molecule has 0 bridgehead atoms. The first kappa shape index (κ1) is 17.2. The van der Waals surface area contributed by atoms with Crippen LogP contribution in [0.1, 0.15) is 0 Å². The van der Waals surface area contributed by atoms with Crippen LogP contribution in [0.3, 0.4) is 0 Å². The largest absolute Gasteiger partial charge is 0.508 e. The highest BCUT2D eigenvalue weighted by Gasteiger charge is 2.31. The van der Waals surface area contributed by atoms with E-state index in [4.69, 9.17) is 21.1 Å². The predicted octanol–water partition coefficient (Wildman–Crippen LogP) is 3.36. The van der Waals surface area contributed by atoms with E-state index in [0.29, 0.717) is 30.4 Å². The summed E-state index contributed by atoms with van der Waals surface area (Å²) in [6, 6.07) is 13.8. The van der Waals surface area contributed by atoms with Gasteiger partial charge in [-0.2, -0.15) is 0 Å². The normalized spacial score (nSPS) is 16.6. The Morgan fingerprint density at radius 2 is 1.92 bits per heavy atom. The number of carbonyl (C=O) groups excluding carboxylic acids is 1. The van der Waals surface area contributed by atoms with Crippen LogP contribution >= 0.6 is 11.6 Å². The van der Waals surface area contributed by atoms with E-state index in [0.717, 1.165) is 5.69 Å². The lowest BCUT2D eigenvalue weighted by Crippen LogP contribution is -2.31. The molecule has 2 aromatic carbocycles. The Kier molecular flexibility index (Phi) is 5.50. The first-order valence-corrected chi connectivity index (χ1v) is 8.35. The minimum Gasteiger partial charge on any atom is -0.508 e. The van der Waals surface area contributed by atoms with Crippen LogP contribution in [-0.2, 0) is 4.74 Å². The summed E-state index contributed by atoms with van der Waals surface area (Å²) < 4.78 is 10.9. The van der Waals surface area contributed by atoms with Gasteiger partial charge < -0.3 is 24.8 Å². The molecule has 25 heavy (non-hydrogen) atoms. The van der Waals surface area contributed by atoms with E-state index in [2.05, 4.69) is 5.32 Å². The van der Waals surface area contributed by atoms with Crippen molar-refractivity contribution >= 4 is 23.4 Å². The van der Waals surface area contributed by atoms with Crippen molar-refractivity contribution in [3.8, 4) is 11.5 Å². The first-order chi connectivity index (χ1) is 12.1. The second kappa shape index (κ2) is 7.98. The molecule has 3 rings (SSSR count). The summed E-state index contributed by atoms with van der Waals surface area (Å²) in [5, 5.41) is 13.2. The second-order valence-electron chi connectivity index (χ2n) is 5.69. The summed E-state index contributed by atoms with van der Waals surface area (Å²) in [6.45, 7) is 1.91. The number of anilines is 1. The van der Waals surface area contributed by atoms with E-state index in [9.17, 15) is 9.90 Å². The van der Waals surface area contributed by atoms with Gasteiger partial charge in [0.15, 0.2) is 6.10 Å². The molecular weight excluding hydrogens is 344 g/mol. The van der Waals surface area contributed by atoms with Crippen molar-refractivity contribution < 1.29 is 19.4 Å². The molecule has 1 fully saturated rings. The van der Waals surface area contributed by atoms with Crippen LogP contribution in [0.2, 0.25) is 5.02 Å². The Balaban J connectivity index is 1.41. The fourth-order valence-electron chi connectivity index (χ4n) is 2.48. The summed E-state index contributed by atoms with van der Waals surface area (Å²) in [7, 11) is 0. The molecule has 0 aliphatic carbocycles. The average Bonchev–Trinajstić information content (AvgIpc) is 2.96. The molecule has 7 heteroatoms. The van der Waals surface area contributed by atoms with E-state index >= 15 is 0 Å². The highest BCUT2D eigenvalue weighted by molar-refractivity contribution is 6.30. The van der Waals surface area contributed by atoms with Crippen molar-refractivity contribution in [2.45, 2.75) is 6.10 Å². The minimum atomic E-state index is -0.336. The van der Waals surface area contributed by atoms with E-state index in [1.54, 1.807) is 29.2 Å². The van der Waals surface area contributed by atoms with Gasteiger partial charge in [0.1, 0.15) is 18.1 Å². The number of cyclic esters (lactones) is 1. The molecule has 1 amide bonds. The third kappa shape index (κ3) is 4.93. The average molecular weight is 363 g/mol. The number of phenols is 1. The second-order valence-corrected chi connectivity index (χ2v) is 6.13. The lowest BCUT2D eigenvalue weighted by molar-refractivity contribution is 0.103. The SMILES string of the molecule is O=C1OC(COc2ccc(O)cc2)CN1CCNc1ccc(Cl)cc1. The van der Waals surface area contributed by atoms with Crippen LogP contribution in [-0.4, -0.2) is 48.4 Å². The molecule has 1 aliphatic heterocycles. The summed E-state index contributed by atoms with van der Waals surface area (Å²) in [4.78, 5) is 13.5. The fourth-order valence-corrected chi connectivity index (χ4v) is 2.60. The number of nitrogens with one attached hydrogen (secondary N) is 1. The van der Waals surface area contributed by atoms with Crippen LogP contribution in [0.4, 0.5) is 10.5 Å². The van der Waals surface area contributed by atoms with E-state index in [1.807, 2.05) is 24.3 Å². The highest BCUT2D eigenvalue weighted by Crippen LogP contribution is 2.18. The van der Waals surface area contributed by atoms with Crippen LogP contribution < -0.4 is 10.1 Å². The van der Waals surface area contributed by atoms with Crippen molar-refractivity contribution in [3.63, 3.8) is 0 Å². The Labute approximate surface area is 150 Å². The van der Waals surface area contributed by atoms with Crippen molar-refractivity contribution in [2.75, 3.05) is 31.6 Å². The van der Waals surface area contributed by atoms with E-state index in [-0.39, 0.29) is 24.6 Å². The third-order valence-electron chi connectivity index (χ3n) is 3.78. The quantitative estimate of drug-likeness (QED) is 0.790. The van der Waals surface area contributed by atoms with E-state index < -0.39 is 0 Å². The van der Waals surface area contributed by atoms with Gasteiger partial charge in [0.05, 0.1) is 6.54 Å². The number of ether oxygens (including phenoxy) is 2. The number of rotatable bonds is 7. The molecule has 1 atom stereocenters. The van der Waals surface area contributed by atoms with Crippen molar-refractivity contribution in [1.29, 1.82) is 0 Å². The number of halogens is 1. The smallest absolute Gasteiger partial charge is 0.410 e. The number of carbonyl (C=O) groups is 1. The molecule has 6 nitrogen and oxygen atoms in total. The molecule has 0 spiro atoms. The van der Waals surface area contributed by atoms with Crippen LogP contribution in [0.25, 0.3) is 0 Å². The summed E-state index contributed by atoms with van der Waals surface area (Å²) in [5.74, 6) is 0.802. The summed E-state index contributed by atoms with van der Waals surface area (Å²) in [6.07, 6.45) is -0.644. The van der Waals surface area contributed by atoms with Gasteiger partial charge in [-0.15, -0.1) is 0 Å². The zero-order chi connectivity index (χ0) is 17.6. The monoisotopic (exact) mass is 362 g/mol. The molecule has 1 aliphatic rings. The number of nitrogens with zero attached hydrogens (tertiary/aromatic N) is 1. The third-order valence-corrected chi connectivity index (χ3v) is 4.03. The summed E-state index contributed by atoms with van der Waals surface area (Å²) >= 11 is 5.84. The molecule has 132 valence electrons. The van der Waals surface area contributed by atoms with Crippen LogP contribution in [0, 0.1) is 0 Å². The Bertz CT molecular complexity index is 706. The topological polar surface area (TPSA) is 71.0 Å². The van der Waals surface area contributed by atoms with Crippen LogP contribution in [0.15, 0.2) is 48.5 Å². The molecule has 0 saturated carbocycles. The van der Waals surface area contributed by atoms with Gasteiger partial charge in [-0.3, -0.25) is 0 Å². The van der Waals surface area contributed by atoms with Gasteiger partial charge in [-0.05, 0) is 48.5 Å². The van der Waals surface area contributed by atoms with Gasteiger partial charge in [-0.1, -0.05) is 11.6 Å². The number of phenolic OH excluding ortho intramolecular Hbond substituents is 1. The molecule has 1 heterocycles. The van der Waals surface area contributed by atoms with Crippen molar-refractivity contribution in [1.82, 2.24) is 4.90 Å². The maximum atomic E-state index is 11.9. The van der Waals surface area contributed by atoms with Gasteiger partial charge >= 0.3 is 6.09 Å². The maximum absolute atomic E-state index is 11.9. The number of benzene rings is 2. The molecule has 1 unspecified atom stereocenters. The van der Waals surface area contributed by atoms with Crippen molar-refractivity contribution in [3.05, 3.63) is 53.6 Å². The Morgan fingerprint density at radius 1 is 1.20 bits per heavy atom. The highest BCUT2D eigenvalue weighted by atomic mass is 35.5. The van der Waals surface area contributed by atoms with Crippen molar-refractivity contribution in [2.24, 2.45) is 0 Å². The zero-order valence-electron chi connectivity index (χ0n) is 13.5. The summed E-state index contributed by atoms with van der Waals surface area (Å²) in [5.41, 5.74) is 0.948. The first-order valence-electron chi connectivity index (χ1n) is 7.97. The number of amides is 1. The minimum absolute atomic E-state index is 0.180. The fraction of sp³-hybridized carbons (Fsp3) is 0.278. The molecule has 1 saturated heterocycles. The van der Waals surface area contributed by atoms with Gasteiger partial charge in [0.25, 0.3) is 0 Å². The zero-order valence-corrected chi connectivity index (χ0v) is 14.3. The molecule has 2 N–H and O–H groups in total. The number of hydrogen-bond acceptors (Lipinski definition) is 5. The lowest BCUT2D eigenvalue weighted by atomic mass is 10.3. The Hall–Kier alpha value is -2.60. The number of aromatic hydroxyl groups is 1. The lowest BCUT2D eigenvalue weighted by Gasteiger charge is -2.14. The van der Waals surface area contributed by atoms with Gasteiger partial charge in [-0.25, -0.2) is 4.79 Å². The van der Waals surface area contributed by atoms with Gasteiger partial charge in [0, 0.05) is 23.8 Å². The molecular formula is C18H19ClN2O4. The number of hydrogen-bond donors (Lipinski definition) is 2. The molecule has 0 radical (unpaired) electrons. The standard InChI is InChI=1S/C18H19ClN2O4/c19-13-1-3-14(4-2-13)20-9-10-21-11-17(25-18(21)23)12-24-16-7-5-15(22)6-8-16/h1-8,17,20,22H,9-12H2. The maximum Gasteiger partial charge on any atom is 0.410 e. The Morgan fingerprint density at radius 3 is 2.64 bits per heavy atom. The van der Waals surface area contributed by atoms with E-state index in [1.165, 1.54) is 0 Å². The predicted molar refractivity (Wildman–Crippen MR) is 95.4 cm³/mol.